The molecule has 0 saturated heterocycles. The second-order valence-corrected chi connectivity index (χ2v) is 3.26. The first kappa shape index (κ1) is 7.53. The largest absolute Gasteiger partial charge is 0.293 e. The number of hydrogen-bond donors (Lipinski definition) is 0. The van der Waals surface area contributed by atoms with Crippen LogP contribution in [0, 0.1) is 0 Å². The molecular weight excluding hydrogens is 152 g/mol. The maximum absolute atomic E-state index is 11.0. The Hall–Kier alpha value is -1.12. The van der Waals surface area contributed by atoms with Gasteiger partial charge in [-0.15, -0.1) is 0 Å². The van der Waals surface area contributed by atoms with Crippen LogP contribution in [0.4, 0.5) is 0 Å². The van der Waals surface area contributed by atoms with E-state index in [1.54, 1.807) is 6.92 Å². The normalized spacial score (nSPS) is 15.8. The molecule has 1 aliphatic rings. The van der Waals surface area contributed by atoms with Crippen LogP contribution < -0.4 is 0 Å². The number of fused-ring (bicyclic) bond motifs is 1. The van der Waals surface area contributed by atoms with E-state index in [4.69, 9.17) is 0 Å². The van der Waals surface area contributed by atoms with Gasteiger partial charge >= 0.3 is 0 Å². The highest BCUT2D eigenvalue weighted by atomic mass is 16.1. The van der Waals surface area contributed by atoms with Gasteiger partial charge in [0, 0.05) is 19.2 Å². The first-order valence-electron chi connectivity index (χ1n) is 4.35. The molecule has 2 heterocycles. The van der Waals surface area contributed by atoms with Crippen molar-refractivity contribution in [1.29, 1.82) is 0 Å². The summed E-state index contributed by atoms with van der Waals surface area (Å²) < 4.78 is 1.96. The Bertz CT molecular complexity index is 291. The fourth-order valence-electron chi connectivity index (χ4n) is 1.59. The quantitative estimate of drug-likeness (QED) is 0.588. The summed E-state index contributed by atoms with van der Waals surface area (Å²) >= 11 is 0. The van der Waals surface area contributed by atoms with Crippen LogP contribution in [-0.4, -0.2) is 15.6 Å². The van der Waals surface area contributed by atoms with Crippen molar-refractivity contribution in [2.24, 2.45) is 0 Å². The van der Waals surface area contributed by atoms with E-state index in [0.29, 0.717) is 5.69 Å². The average molecular weight is 164 g/mol. The maximum atomic E-state index is 11.0. The molecule has 0 amide bonds. The van der Waals surface area contributed by atoms with Gasteiger partial charge in [0.15, 0.2) is 5.78 Å². The van der Waals surface area contributed by atoms with Gasteiger partial charge in [0.1, 0.15) is 5.69 Å². The van der Waals surface area contributed by atoms with E-state index in [2.05, 4.69) is 5.10 Å². The van der Waals surface area contributed by atoms with Crippen LogP contribution in [0.25, 0.3) is 0 Å². The number of carbonyl (C=O) groups is 1. The number of aromatic nitrogens is 2. The van der Waals surface area contributed by atoms with Crippen LogP contribution in [0.2, 0.25) is 0 Å². The molecule has 2 rings (SSSR count). The minimum absolute atomic E-state index is 0.0666. The molecule has 0 aliphatic carbocycles. The molecule has 0 fully saturated rings. The molecule has 1 aliphatic heterocycles. The zero-order chi connectivity index (χ0) is 8.55. The predicted molar refractivity (Wildman–Crippen MR) is 45.2 cm³/mol. The van der Waals surface area contributed by atoms with E-state index in [0.717, 1.165) is 13.0 Å². The fourth-order valence-corrected chi connectivity index (χ4v) is 1.59. The molecule has 0 unspecified atom stereocenters. The Kier molecular flexibility index (Phi) is 1.71. The third-order valence-corrected chi connectivity index (χ3v) is 2.28. The van der Waals surface area contributed by atoms with Crippen molar-refractivity contribution in [1.82, 2.24) is 9.78 Å². The number of carbonyl (C=O) groups excluding carboxylic acids is 1. The van der Waals surface area contributed by atoms with Gasteiger partial charge in [-0.05, 0) is 25.3 Å². The molecule has 0 bridgehead atoms. The number of hydrogen-bond acceptors (Lipinski definition) is 2. The van der Waals surface area contributed by atoms with E-state index >= 15 is 0 Å². The number of rotatable bonds is 1. The summed E-state index contributed by atoms with van der Waals surface area (Å²) in [6, 6.07) is 1.92. The highest BCUT2D eigenvalue weighted by molar-refractivity contribution is 5.92. The Morgan fingerprint density at radius 2 is 2.42 bits per heavy atom. The molecule has 0 N–H and O–H groups in total. The third-order valence-electron chi connectivity index (χ3n) is 2.28. The van der Waals surface area contributed by atoms with Crippen molar-refractivity contribution in [2.45, 2.75) is 32.7 Å². The van der Waals surface area contributed by atoms with Crippen molar-refractivity contribution in [3.05, 3.63) is 17.5 Å². The van der Waals surface area contributed by atoms with Gasteiger partial charge in [0.05, 0.1) is 0 Å². The summed E-state index contributed by atoms with van der Waals surface area (Å²) in [5.41, 5.74) is 1.83. The van der Waals surface area contributed by atoms with Crippen molar-refractivity contribution in [3.8, 4) is 0 Å². The lowest BCUT2D eigenvalue weighted by molar-refractivity contribution is 0.101. The molecule has 0 aromatic carbocycles. The number of Topliss-reactive ketones (excluding diaryl/α,β-unsaturated/α-hetero) is 1. The Balaban J connectivity index is 2.38. The van der Waals surface area contributed by atoms with Gasteiger partial charge < -0.3 is 0 Å². The topological polar surface area (TPSA) is 34.9 Å². The monoisotopic (exact) mass is 164 g/mol. The highest BCUT2D eigenvalue weighted by Crippen LogP contribution is 2.15. The Morgan fingerprint density at radius 3 is 3.08 bits per heavy atom. The predicted octanol–water partition coefficient (Wildman–Crippen LogP) is 1.42. The molecule has 0 atom stereocenters. The Morgan fingerprint density at radius 1 is 1.58 bits per heavy atom. The second kappa shape index (κ2) is 2.73. The van der Waals surface area contributed by atoms with Gasteiger partial charge in [-0.3, -0.25) is 9.48 Å². The molecule has 1 aromatic rings. The molecule has 64 valence electrons. The molecule has 12 heavy (non-hydrogen) atoms. The number of aryl methyl sites for hydroxylation is 2. The Labute approximate surface area is 71.4 Å². The van der Waals surface area contributed by atoms with Crippen LogP contribution in [0.1, 0.15) is 35.9 Å². The first-order chi connectivity index (χ1) is 5.77. The molecule has 1 aromatic heterocycles. The van der Waals surface area contributed by atoms with Gasteiger partial charge in [-0.1, -0.05) is 0 Å². The molecule has 3 nitrogen and oxygen atoms in total. The summed E-state index contributed by atoms with van der Waals surface area (Å²) in [4.78, 5) is 11.0. The standard InChI is InChI=1S/C9H12N2O/c1-7(12)9-6-8-4-2-3-5-11(8)10-9/h6H,2-5H2,1H3. The van der Waals surface area contributed by atoms with E-state index in [-0.39, 0.29) is 5.78 Å². The van der Waals surface area contributed by atoms with Crippen LogP contribution in [-0.2, 0) is 13.0 Å². The smallest absolute Gasteiger partial charge is 0.179 e. The minimum Gasteiger partial charge on any atom is -0.293 e. The van der Waals surface area contributed by atoms with Crippen LogP contribution in [0.3, 0.4) is 0 Å². The average Bonchev–Trinajstić information content (AvgIpc) is 2.46. The zero-order valence-corrected chi connectivity index (χ0v) is 7.21. The molecule has 0 radical (unpaired) electrons. The van der Waals surface area contributed by atoms with Crippen molar-refractivity contribution >= 4 is 5.78 Å². The van der Waals surface area contributed by atoms with E-state index < -0.39 is 0 Å². The lowest BCUT2D eigenvalue weighted by atomic mass is 10.1. The highest BCUT2D eigenvalue weighted by Gasteiger charge is 2.13. The van der Waals surface area contributed by atoms with E-state index in [9.17, 15) is 4.79 Å². The minimum atomic E-state index is 0.0666. The SMILES string of the molecule is CC(=O)c1cc2n(n1)CCCC2. The summed E-state index contributed by atoms with van der Waals surface area (Å²) in [7, 11) is 0. The summed E-state index contributed by atoms with van der Waals surface area (Å²) in [6.45, 7) is 2.54. The van der Waals surface area contributed by atoms with Crippen LogP contribution >= 0.6 is 0 Å². The van der Waals surface area contributed by atoms with E-state index in [1.165, 1.54) is 18.5 Å². The van der Waals surface area contributed by atoms with Gasteiger partial charge in [0.2, 0.25) is 0 Å². The van der Waals surface area contributed by atoms with E-state index in [1.807, 2.05) is 10.7 Å². The van der Waals surface area contributed by atoms with Gasteiger partial charge in [-0.2, -0.15) is 5.10 Å². The van der Waals surface area contributed by atoms with Crippen molar-refractivity contribution in [3.63, 3.8) is 0 Å². The van der Waals surface area contributed by atoms with Crippen LogP contribution in [0.5, 0.6) is 0 Å². The fraction of sp³-hybridized carbons (Fsp3) is 0.556. The second-order valence-electron chi connectivity index (χ2n) is 3.26. The molecular formula is C9H12N2O. The number of ketones is 1. The van der Waals surface area contributed by atoms with Crippen molar-refractivity contribution in [2.75, 3.05) is 0 Å². The molecule has 0 saturated carbocycles. The lowest BCUT2D eigenvalue weighted by Crippen LogP contribution is -2.10. The zero-order valence-electron chi connectivity index (χ0n) is 7.21. The first-order valence-corrected chi connectivity index (χ1v) is 4.35. The summed E-state index contributed by atoms with van der Waals surface area (Å²) in [5.74, 6) is 0.0666. The summed E-state index contributed by atoms with van der Waals surface area (Å²) in [5, 5.41) is 4.22. The molecule has 3 heteroatoms. The van der Waals surface area contributed by atoms with Gasteiger partial charge in [0.25, 0.3) is 0 Å². The lowest BCUT2D eigenvalue weighted by Gasteiger charge is -2.11. The van der Waals surface area contributed by atoms with Crippen molar-refractivity contribution < 1.29 is 4.79 Å². The number of nitrogens with zero attached hydrogens (tertiary/aromatic N) is 2. The maximum Gasteiger partial charge on any atom is 0.179 e. The summed E-state index contributed by atoms with van der Waals surface area (Å²) in [6.07, 6.45) is 3.48. The third kappa shape index (κ3) is 1.15. The molecule has 0 spiro atoms. The van der Waals surface area contributed by atoms with Crippen LogP contribution in [0.15, 0.2) is 6.07 Å². The van der Waals surface area contributed by atoms with Gasteiger partial charge in [-0.25, -0.2) is 0 Å².